The van der Waals surface area contributed by atoms with E-state index in [1.165, 1.54) is 31.2 Å². The van der Waals surface area contributed by atoms with Crippen LogP contribution in [0.1, 0.15) is 57.4 Å². The molecule has 0 aliphatic heterocycles. The Hall–Kier alpha value is -1.35. The van der Waals surface area contributed by atoms with E-state index >= 15 is 0 Å². The summed E-state index contributed by atoms with van der Waals surface area (Å²) in [7, 11) is 0. The van der Waals surface area contributed by atoms with Gasteiger partial charge in [-0.1, -0.05) is 63.4 Å². The van der Waals surface area contributed by atoms with Crippen LogP contribution < -0.4 is 11.3 Å². The first-order valence-electron chi connectivity index (χ1n) is 7.85. The highest BCUT2D eigenvalue weighted by molar-refractivity contribution is 5.89. The molecule has 1 aliphatic rings. The van der Waals surface area contributed by atoms with E-state index in [4.69, 9.17) is 10.8 Å². The Kier molecular flexibility index (Phi) is 5.60. The molecule has 3 N–H and O–H groups in total. The number of rotatable bonds is 5. The first kappa shape index (κ1) is 15.0. The third-order valence-electron chi connectivity index (χ3n) is 4.46. The standard InChI is InChI=1S/C17H27N3/c1-3-13(2)16(14-9-5-4-6-10-14)17(20-18)19-15-11-7-8-12-15/h4-6,9-10,13,15-16H,3,7-8,11-12,18H2,1-2H3,(H,19,20). The minimum Gasteiger partial charge on any atom is -0.312 e. The molecule has 0 aromatic heterocycles. The second kappa shape index (κ2) is 7.44. The molecule has 20 heavy (non-hydrogen) atoms. The summed E-state index contributed by atoms with van der Waals surface area (Å²) in [6, 6.07) is 11.1. The van der Waals surface area contributed by atoms with Gasteiger partial charge in [0.1, 0.15) is 5.84 Å². The van der Waals surface area contributed by atoms with Crippen molar-refractivity contribution >= 4 is 5.84 Å². The van der Waals surface area contributed by atoms with Crippen LogP contribution in [-0.4, -0.2) is 11.9 Å². The molecule has 0 spiro atoms. The van der Waals surface area contributed by atoms with Gasteiger partial charge in [-0.05, 0) is 24.3 Å². The molecule has 1 aromatic carbocycles. The van der Waals surface area contributed by atoms with Gasteiger partial charge in [-0.3, -0.25) is 4.99 Å². The average Bonchev–Trinajstić information content (AvgIpc) is 3.00. The van der Waals surface area contributed by atoms with Crippen LogP contribution in [0.2, 0.25) is 0 Å². The molecule has 0 heterocycles. The van der Waals surface area contributed by atoms with Gasteiger partial charge in [0.25, 0.3) is 0 Å². The molecule has 1 fully saturated rings. The number of amidine groups is 1. The monoisotopic (exact) mass is 273 g/mol. The van der Waals surface area contributed by atoms with Crippen LogP contribution >= 0.6 is 0 Å². The summed E-state index contributed by atoms with van der Waals surface area (Å²) in [6.07, 6.45) is 6.11. The molecule has 110 valence electrons. The Bertz CT molecular complexity index is 421. The van der Waals surface area contributed by atoms with Crippen molar-refractivity contribution in [3.63, 3.8) is 0 Å². The first-order valence-corrected chi connectivity index (χ1v) is 7.85. The van der Waals surface area contributed by atoms with Gasteiger partial charge in [0.05, 0.1) is 6.04 Å². The highest BCUT2D eigenvalue weighted by Gasteiger charge is 2.25. The molecule has 3 nitrogen and oxygen atoms in total. The summed E-state index contributed by atoms with van der Waals surface area (Å²) in [5, 5.41) is 0. The maximum Gasteiger partial charge on any atom is 0.118 e. The SMILES string of the molecule is CCC(C)C(C(=NC1CCCC1)NN)c1ccccc1. The van der Waals surface area contributed by atoms with E-state index in [9.17, 15) is 0 Å². The molecule has 1 aliphatic carbocycles. The second-order valence-electron chi connectivity index (χ2n) is 5.87. The average molecular weight is 273 g/mol. The van der Waals surface area contributed by atoms with E-state index in [1.807, 2.05) is 0 Å². The van der Waals surface area contributed by atoms with Crippen LogP contribution in [-0.2, 0) is 0 Å². The van der Waals surface area contributed by atoms with Crippen LogP contribution in [0.25, 0.3) is 0 Å². The largest absolute Gasteiger partial charge is 0.312 e. The number of hydrogen-bond donors (Lipinski definition) is 2. The van der Waals surface area contributed by atoms with Gasteiger partial charge < -0.3 is 5.43 Å². The van der Waals surface area contributed by atoms with Crippen molar-refractivity contribution in [3.05, 3.63) is 35.9 Å². The molecule has 0 saturated heterocycles. The Morgan fingerprint density at radius 1 is 1.30 bits per heavy atom. The summed E-state index contributed by atoms with van der Waals surface area (Å²) in [6.45, 7) is 4.50. The van der Waals surface area contributed by atoms with Crippen molar-refractivity contribution in [2.24, 2.45) is 16.8 Å². The maximum absolute atomic E-state index is 5.80. The van der Waals surface area contributed by atoms with E-state index in [1.54, 1.807) is 0 Å². The van der Waals surface area contributed by atoms with Gasteiger partial charge in [-0.15, -0.1) is 0 Å². The smallest absolute Gasteiger partial charge is 0.118 e. The van der Waals surface area contributed by atoms with E-state index in [-0.39, 0.29) is 5.92 Å². The fourth-order valence-electron chi connectivity index (χ4n) is 3.09. The summed E-state index contributed by atoms with van der Waals surface area (Å²) >= 11 is 0. The summed E-state index contributed by atoms with van der Waals surface area (Å²) in [5.41, 5.74) is 4.20. The first-order chi connectivity index (χ1) is 9.76. The van der Waals surface area contributed by atoms with E-state index in [0.29, 0.717) is 12.0 Å². The highest BCUT2D eigenvalue weighted by Crippen LogP contribution is 2.29. The van der Waals surface area contributed by atoms with Crippen LogP contribution in [0.5, 0.6) is 0 Å². The van der Waals surface area contributed by atoms with Crippen LogP contribution in [0, 0.1) is 5.92 Å². The van der Waals surface area contributed by atoms with Crippen molar-refractivity contribution in [2.45, 2.75) is 57.9 Å². The van der Waals surface area contributed by atoms with E-state index < -0.39 is 0 Å². The third kappa shape index (κ3) is 3.60. The van der Waals surface area contributed by atoms with E-state index in [0.717, 1.165) is 12.3 Å². The number of nitrogens with zero attached hydrogens (tertiary/aromatic N) is 1. The van der Waals surface area contributed by atoms with Crippen molar-refractivity contribution < 1.29 is 0 Å². The number of nitrogens with one attached hydrogen (secondary N) is 1. The summed E-state index contributed by atoms with van der Waals surface area (Å²) in [4.78, 5) is 4.92. The Morgan fingerprint density at radius 3 is 2.50 bits per heavy atom. The quantitative estimate of drug-likeness (QED) is 0.372. The van der Waals surface area contributed by atoms with Crippen molar-refractivity contribution in [3.8, 4) is 0 Å². The molecule has 2 rings (SSSR count). The number of nitrogens with two attached hydrogens (primary N) is 1. The fourth-order valence-corrected chi connectivity index (χ4v) is 3.09. The van der Waals surface area contributed by atoms with Gasteiger partial charge in [0.2, 0.25) is 0 Å². The highest BCUT2D eigenvalue weighted by atomic mass is 15.3. The van der Waals surface area contributed by atoms with Crippen molar-refractivity contribution in [1.29, 1.82) is 0 Å². The molecular formula is C17H27N3. The third-order valence-corrected chi connectivity index (χ3v) is 4.46. The van der Waals surface area contributed by atoms with Crippen LogP contribution in [0.15, 0.2) is 35.3 Å². The molecule has 1 aromatic rings. The number of hydrazine groups is 1. The van der Waals surface area contributed by atoms with Gasteiger partial charge in [0, 0.05) is 5.92 Å². The van der Waals surface area contributed by atoms with Gasteiger partial charge in [-0.2, -0.15) is 0 Å². The van der Waals surface area contributed by atoms with Crippen LogP contribution in [0.4, 0.5) is 0 Å². The minimum atomic E-state index is 0.270. The molecule has 0 radical (unpaired) electrons. The zero-order valence-electron chi connectivity index (χ0n) is 12.7. The fraction of sp³-hybridized carbons (Fsp3) is 0.588. The normalized spacial score (nSPS) is 19.9. The topological polar surface area (TPSA) is 50.4 Å². The van der Waals surface area contributed by atoms with Gasteiger partial charge >= 0.3 is 0 Å². The zero-order valence-corrected chi connectivity index (χ0v) is 12.7. The second-order valence-corrected chi connectivity index (χ2v) is 5.87. The van der Waals surface area contributed by atoms with Crippen LogP contribution in [0.3, 0.4) is 0 Å². The summed E-state index contributed by atoms with van der Waals surface area (Å²) < 4.78 is 0. The molecule has 0 bridgehead atoms. The molecule has 0 amide bonds. The van der Waals surface area contributed by atoms with Gasteiger partial charge in [-0.25, -0.2) is 5.84 Å². The Morgan fingerprint density at radius 2 is 1.95 bits per heavy atom. The molecule has 3 heteroatoms. The molecule has 1 saturated carbocycles. The predicted molar refractivity (Wildman–Crippen MR) is 85.7 cm³/mol. The predicted octanol–water partition coefficient (Wildman–Crippen LogP) is 3.62. The lowest BCUT2D eigenvalue weighted by Crippen LogP contribution is -2.38. The van der Waals surface area contributed by atoms with Crippen molar-refractivity contribution in [2.75, 3.05) is 0 Å². The number of aliphatic imine (C=N–C) groups is 1. The zero-order chi connectivity index (χ0) is 14.4. The Balaban J connectivity index is 2.28. The maximum atomic E-state index is 5.80. The Labute approximate surface area is 122 Å². The van der Waals surface area contributed by atoms with E-state index in [2.05, 4.69) is 49.6 Å². The minimum absolute atomic E-state index is 0.270. The summed E-state index contributed by atoms with van der Waals surface area (Å²) in [5.74, 6) is 7.55. The van der Waals surface area contributed by atoms with Crippen molar-refractivity contribution in [1.82, 2.24) is 5.43 Å². The van der Waals surface area contributed by atoms with Gasteiger partial charge in [0.15, 0.2) is 0 Å². The lowest BCUT2D eigenvalue weighted by atomic mass is 9.84. The molecule has 2 unspecified atom stereocenters. The number of hydrogen-bond acceptors (Lipinski definition) is 2. The molecule has 2 atom stereocenters. The lowest BCUT2D eigenvalue weighted by molar-refractivity contribution is 0.513. The lowest BCUT2D eigenvalue weighted by Gasteiger charge is -2.26. The number of benzene rings is 1. The molecular weight excluding hydrogens is 246 g/mol.